The summed E-state index contributed by atoms with van der Waals surface area (Å²) in [6.07, 6.45) is 8.34. The standard InChI is InChI=1S/C17H26BrNO/c1-2-19-12-14-9-10-15(17(18)11-14)13-20-16-7-5-3-4-6-8-16/h9-11,16,19H,2-8,12-13H2,1H3. The van der Waals surface area contributed by atoms with E-state index in [0.29, 0.717) is 6.10 Å². The van der Waals surface area contributed by atoms with E-state index in [1.54, 1.807) is 0 Å². The van der Waals surface area contributed by atoms with Crippen molar-refractivity contribution in [3.8, 4) is 0 Å². The van der Waals surface area contributed by atoms with Crippen LogP contribution in [0.3, 0.4) is 0 Å². The van der Waals surface area contributed by atoms with Crippen LogP contribution in [0, 0.1) is 0 Å². The second kappa shape index (κ2) is 8.81. The number of hydrogen-bond donors (Lipinski definition) is 1. The van der Waals surface area contributed by atoms with E-state index in [4.69, 9.17) is 4.74 Å². The van der Waals surface area contributed by atoms with E-state index in [1.807, 2.05) is 0 Å². The van der Waals surface area contributed by atoms with Crippen LogP contribution in [0.1, 0.15) is 56.6 Å². The molecule has 1 N–H and O–H groups in total. The highest BCUT2D eigenvalue weighted by atomic mass is 79.9. The molecule has 0 spiro atoms. The molecule has 1 aliphatic carbocycles. The molecule has 2 nitrogen and oxygen atoms in total. The highest BCUT2D eigenvalue weighted by Crippen LogP contribution is 2.24. The normalized spacial score (nSPS) is 17.1. The Morgan fingerprint density at radius 3 is 2.60 bits per heavy atom. The van der Waals surface area contributed by atoms with E-state index in [0.717, 1.165) is 19.7 Å². The Morgan fingerprint density at radius 1 is 1.20 bits per heavy atom. The average Bonchev–Trinajstić information content (AvgIpc) is 2.73. The van der Waals surface area contributed by atoms with E-state index in [9.17, 15) is 0 Å². The lowest BCUT2D eigenvalue weighted by Gasteiger charge is -2.16. The molecular weight excluding hydrogens is 314 g/mol. The quantitative estimate of drug-likeness (QED) is 0.751. The van der Waals surface area contributed by atoms with Crippen LogP contribution in [0.15, 0.2) is 22.7 Å². The van der Waals surface area contributed by atoms with Gasteiger partial charge in [0.15, 0.2) is 0 Å². The molecule has 0 atom stereocenters. The Morgan fingerprint density at radius 2 is 1.95 bits per heavy atom. The fourth-order valence-electron chi connectivity index (χ4n) is 2.70. The molecule has 1 aliphatic rings. The fraction of sp³-hybridized carbons (Fsp3) is 0.647. The third kappa shape index (κ3) is 5.19. The van der Waals surface area contributed by atoms with Crippen molar-refractivity contribution in [2.45, 2.75) is 64.7 Å². The van der Waals surface area contributed by atoms with Gasteiger partial charge in [-0.3, -0.25) is 0 Å². The van der Waals surface area contributed by atoms with Crippen LogP contribution >= 0.6 is 15.9 Å². The van der Waals surface area contributed by atoms with Gasteiger partial charge in [-0.05, 0) is 36.6 Å². The Hall–Kier alpha value is -0.380. The van der Waals surface area contributed by atoms with Crippen molar-refractivity contribution >= 4 is 15.9 Å². The van der Waals surface area contributed by atoms with Gasteiger partial charge in [-0.1, -0.05) is 60.7 Å². The van der Waals surface area contributed by atoms with E-state index in [-0.39, 0.29) is 0 Å². The predicted octanol–water partition coefficient (Wildman–Crippen LogP) is 4.80. The van der Waals surface area contributed by atoms with Gasteiger partial charge >= 0.3 is 0 Å². The number of ether oxygens (including phenoxy) is 1. The molecule has 0 amide bonds. The molecular formula is C17H26BrNO. The highest BCUT2D eigenvalue weighted by molar-refractivity contribution is 9.10. The molecule has 0 aliphatic heterocycles. The van der Waals surface area contributed by atoms with Gasteiger partial charge in [0.05, 0.1) is 12.7 Å². The van der Waals surface area contributed by atoms with Crippen molar-refractivity contribution in [1.82, 2.24) is 5.32 Å². The number of rotatable bonds is 6. The van der Waals surface area contributed by atoms with Gasteiger partial charge in [-0.25, -0.2) is 0 Å². The molecule has 1 aromatic carbocycles. The lowest BCUT2D eigenvalue weighted by atomic mass is 10.1. The zero-order chi connectivity index (χ0) is 14.2. The Kier molecular flexibility index (Phi) is 7.05. The minimum Gasteiger partial charge on any atom is -0.374 e. The summed E-state index contributed by atoms with van der Waals surface area (Å²) in [5, 5.41) is 3.35. The molecule has 20 heavy (non-hydrogen) atoms. The molecule has 0 saturated heterocycles. The predicted molar refractivity (Wildman–Crippen MR) is 87.8 cm³/mol. The van der Waals surface area contributed by atoms with Crippen molar-refractivity contribution in [3.05, 3.63) is 33.8 Å². The molecule has 3 heteroatoms. The van der Waals surface area contributed by atoms with Gasteiger partial charge in [0, 0.05) is 11.0 Å². The Balaban J connectivity index is 1.85. The summed E-state index contributed by atoms with van der Waals surface area (Å²) in [6.45, 7) is 4.79. The topological polar surface area (TPSA) is 21.3 Å². The zero-order valence-electron chi connectivity index (χ0n) is 12.5. The molecule has 0 radical (unpaired) electrons. The van der Waals surface area contributed by atoms with Gasteiger partial charge in [-0.2, -0.15) is 0 Å². The minimum absolute atomic E-state index is 0.464. The van der Waals surface area contributed by atoms with Crippen molar-refractivity contribution in [2.24, 2.45) is 0 Å². The van der Waals surface area contributed by atoms with Crippen molar-refractivity contribution in [2.75, 3.05) is 6.54 Å². The first-order valence-corrected chi connectivity index (χ1v) is 8.68. The van der Waals surface area contributed by atoms with Crippen LogP contribution in [0.4, 0.5) is 0 Å². The molecule has 0 unspecified atom stereocenters. The van der Waals surface area contributed by atoms with Gasteiger partial charge in [-0.15, -0.1) is 0 Å². The Labute approximate surface area is 131 Å². The first-order chi connectivity index (χ1) is 9.79. The largest absolute Gasteiger partial charge is 0.374 e. The highest BCUT2D eigenvalue weighted by Gasteiger charge is 2.13. The number of benzene rings is 1. The van der Waals surface area contributed by atoms with Crippen LogP contribution in [-0.2, 0) is 17.9 Å². The Bertz CT molecular complexity index is 400. The molecule has 1 aromatic rings. The first-order valence-electron chi connectivity index (χ1n) is 7.89. The average molecular weight is 340 g/mol. The summed E-state index contributed by atoms with van der Waals surface area (Å²) in [7, 11) is 0. The molecule has 1 fully saturated rings. The summed E-state index contributed by atoms with van der Waals surface area (Å²) in [5.41, 5.74) is 2.58. The molecule has 0 aromatic heterocycles. The maximum absolute atomic E-state index is 6.11. The third-order valence-corrected chi connectivity index (χ3v) is 4.71. The van der Waals surface area contributed by atoms with Crippen molar-refractivity contribution in [3.63, 3.8) is 0 Å². The maximum Gasteiger partial charge on any atom is 0.0731 e. The first kappa shape index (κ1) is 16.0. The van der Waals surface area contributed by atoms with Gasteiger partial charge in [0.1, 0.15) is 0 Å². The molecule has 2 rings (SSSR count). The van der Waals surface area contributed by atoms with E-state index < -0.39 is 0 Å². The molecule has 1 saturated carbocycles. The van der Waals surface area contributed by atoms with E-state index in [2.05, 4.69) is 46.4 Å². The lowest BCUT2D eigenvalue weighted by Crippen LogP contribution is -2.13. The van der Waals surface area contributed by atoms with E-state index >= 15 is 0 Å². The second-order valence-electron chi connectivity index (χ2n) is 5.63. The van der Waals surface area contributed by atoms with Crippen LogP contribution in [0.2, 0.25) is 0 Å². The maximum atomic E-state index is 6.11. The smallest absolute Gasteiger partial charge is 0.0731 e. The van der Waals surface area contributed by atoms with Crippen molar-refractivity contribution in [1.29, 1.82) is 0 Å². The molecule has 0 heterocycles. The summed E-state index contributed by atoms with van der Waals surface area (Å²) in [4.78, 5) is 0. The lowest BCUT2D eigenvalue weighted by molar-refractivity contribution is 0.0307. The number of nitrogens with one attached hydrogen (secondary N) is 1. The van der Waals surface area contributed by atoms with Gasteiger partial charge < -0.3 is 10.1 Å². The van der Waals surface area contributed by atoms with E-state index in [1.165, 1.54) is 54.1 Å². The summed E-state index contributed by atoms with van der Waals surface area (Å²) >= 11 is 3.67. The minimum atomic E-state index is 0.464. The monoisotopic (exact) mass is 339 g/mol. The van der Waals surface area contributed by atoms with Crippen LogP contribution in [0.5, 0.6) is 0 Å². The molecule has 0 bridgehead atoms. The SMILES string of the molecule is CCNCc1ccc(COC2CCCCCC2)c(Br)c1. The molecule has 112 valence electrons. The summed E-state index contributed by atoms with van der Waals surface area (Å²) in [6, 6.07) is 6.58. The van der Waals surface area contributed by atoms with Crippen LogP contribution in [-0.4, -0.2) is 12.6 Å². The van der Waals surface area contributed by atoms with Crippen LogP contribution < -0.4 is 5.32 Å². The zero-order valence-corrected chi connectivity index (χ0v) is 14.0. The fourth-order valence-corrected chi connectivity index (χ4v) is 3.24. The number of hydrogen-bond acceptors (Lipinski definition) is 2. The van der Waals surface area contributed by atoms with Crippen LogP contribution in [0.25, 0.3) is 0 Å². The third-order valence-electron chi connectivity index (χ3n) is 3.97. The van der Waals surface area contributed by atoms with Gasteiger partial charge in [0.25, 0.3) is 0 Å². The summed E-state index contributed by atoms with van der Waals surface area (Å²) < 4.78 is 7.27. The van der Waals surface area contributed by atoms with Gasteiger partial charge in [0.2, 0.25) is 0 Å². The number of halogens is 1. The second-order valence-corrected chi connectivity index (χ2v) is 6.49. The van der Waals surface area contributed by atoms with Crippen molar-refractivity contribution < 1.29 is 4.74 Å². The summed E-state index contributed by atoms with van der Waals surface area (Å²) in [5.74, 6) is 0.